The van der Waals surface area contributed by atoms with Crippen LogP contribution in [-0.2, 0) is 0 Å². The summed E-state index contributed by atoms with van der Waals surface area (Å²) in [7, 11) is 0. The van der Waals surface area contributed by atoms with Crippen LogP contribution in [0.2, 0.25) is 10.2 Å². The predicted octanol–water partition coefficient (Wildman–Crippen LogP) is 2.88. The molecule has 0 bridgehead atoms. The second kappa shape index (κ2) is 6.07. The Morgan fingerprint density at radius 3 is 2.57 bits per heavy atom. The maximum absolute atomic E-state index is 13.1. The molecule has 0 atom stereocenters. The highest BCUT2D eigenvalue weighted by atomic mass is 35.5. The Kier molecular flexibility index (Phi) is 4.40. The van der Waals surface area contributed by atoms with Crippen molar-refractivity contribution in [2.45, 2.75) is 0 Å². The number of rotatable bonds is 3. The lowest BCUT2D eigenvalue weighted by atomic mass is 10.2. The summed E-state index contributed by atoms with van der Waals surface area (Å²) in [5, 5.41) is 2.47. The number of carbonyl (C=O) groups excluding carboxylic acids is 2. The zero-order valence-corrected chi connectivity index (χ0v) is 11.9. The van der Waals surface area contributed by atoms with E-state index in [2.05, 4.69) is 10.3 Å². The van der Waals surface area contributed by atoms with E-state index in [0.717, 1.165) is 12.3 Å². The van der Waals surface area contributed by atoms with Gasteiger partial charge in [0.1, 0.15) is 11.0 Å². The largest absolute Gasteiger partial charge is 0.366 e. The standard InChI is InChI=1S/C13H8Cl2FN3O2/c14-10-2-1-7(4-8(10)12(17)20)19-13(21)9-3-6(16)5-18-11(9)15/h1-5H,(H2,17,20)(H,19,21). The van der Waals surface area contributed by atoms with Crippen molar-refractivity contribution in [3.63, 3.8) is 0 Å². The summed E-state index contributed by atoms with van der Waals surface area (Å²) in [4.78, 5) is 26.7. The molecule has 0 spiro atoms. The molecular formula is C13H8Cl2FN3O2. The monoisotopic (exact) mass is 327 g/mol. The predicted molar refractivity (Wildman–Crippen MR) is 77.1 cm³/mol. The highest BCUT2D eigenvalue weighted by Gasteiger charge is 2.14. The summed E-state index contributed by atoms with van der Waals surface area (Å²) in [6.45, 7) is 0. The van der Waals surface area contributed by atoms with Crippen LogP contribution in [0.15, 0.2) is 30.5 Å². The van der Waals surface area contributed by atoms with Crippen molar-refractivity contribution in [2.75, 3.05) is 5.32 Å². The lowest BCUT2D eigenvalue weighted by molar-refractivity contribution is 0.0996. The van der Waals surface area contributed by atoms with Crippen molar-refractivity contribution in [2.24, 2.45) is 5.73 Å². The average molecular weight is 328 g/mol. The molecule has 0 saturated carbocycles. The van der Waals surface area contributed by atoms with E-state index in [0.29, 0.717) is 0 Å². The summed E-state index contributed by atoms with van der Waals surface area (Å²) in [5.41, 5.74) is 5.34. The SMILES string of the molecule is NC(=O)c1cc(NC(=O)c2cc(F)cnc2Cl)ccc1Cl. The summed E-state index contributed by atoms with van der Waals surface area (Å²) in [5.74, 6) is -2.11. The van der Waals surface area contributed by atoms with Gasteiger partial charge in [0, 0.05) is 5.69 Å². The molecule has 1 aromatic heterocycles. The fraction of sp³-hybridized carbons (Fsp3) is 0. The molecule has 108 valence electrons. The molecule has 2 amide bonds. The topological polar surface area (TPSA) is 85.1 Å². The first-order chi connectivity index (χ1) is 9.88. The Morgan fingerprint density at radius 2 is 1.90 bits per heavy atom. The Morgan fingerprint density at radius 1 is 1.19 bits per heavy atom. The molecule has 0 aliphatic rings. The minimum absolute atomic E-state index is 0.0536. The number of nitrogens with one attached hydrogen (secondary N) is 1. The maximum Gasteiger partial charge on any atom is 0.258 e. The smallest absolute Gasteiger partial charge is 0.258 e. The van der Waals surface area contributed by atoms with Crippen LogP contribution < -0.4 is 11.1 Å². The first-order valence-electron chi connectivity index (χ1n) is 5.60. The van der Waals surface area contributed by atoms with Crippen LogP contribution in [0.4, 0.5) is 10.1 Å². The van der Waals surface area contributed by atoms with E-state index in [9.17, 15) is 14.0 Å². The Bertz CT molecular complexity index is 737. The molecule has 1 aromatic carbocycles. The molecule has 1 heterocycles. The molecule has 3 N–H and O–H groups in total. The number of carbonyl (C=O) groups is 2. The third kappa shape index (κ3) is 3.48. The number of benzene rings is 1. The van der Waals surface area contributed by atoms with Gasteiger partial charge in [-0.05, 0) is 24.3 Å². The zero-order valence-electron chi connectivity index (χ0n) is 10.4. The van der Waals surface area contributed by atoms with Crippen molar-refractivity contribution < 1.29 is 14.0 Å². The zero-order chi connectivity index (χ0) is 15.6. The Balaban J connectivity index is 2.29. The number of hydrogen-bond donors (Lipinski definition) is 2. The third-order valence-corrected chi connectivity index (χ3v) is 3.17. The number of primary amides is 1. The van der Waals surface area contributed by atoms with Gasteiger partial charge in [0.15, 0.2) is 0 Å². The molecule has 8 heteroatoms. The van der Waals surface area contributed by atoms with Crippen LogP contribution in [0.5, 0.6) is 0 Å². The van der Waals surface area contributed by atoms with Crippen molar-refractivity contribution in [3.8, 4) is 0 Å². The van der Waals surface area contributed by atoms with Crippen molar-refractivity contribution in [1.82, 2.24) is 4.98 Å². The number of pyridine rings is 1. The van der Waals surface area contributed by atoms with E-state index < -0.39 is 17.6 Å². The number of nitrogens with two attached hydrogens (primary N) is 1. The lowest BCUT2D eigenvalue weighted by Crippen LogP contribution is -2.15. The van der Waals surface area contributed by atoms with Crippen molar-refractivity contribution in [3.05, 3.63) is 57.6 Å². The molecule has 0 aliphatic heterocycles. The molecule has 0 aliphatic carbocycles. The summed E-state index contributed by atoms with van der Waals surface area (Å²) in [6.07, 6.45) is 0.895. The number of amides is 2. The number of aromatic nitrogens is 1. The van der Waals surface area contributed by atoms with Crippen molar-refractivity contribution >= 4 is 40.7 Å². The Hall–Kier alpha value is -2.18. The van der Waals surface area contributed by atoms with Gasteiger partial charge in [-0.1, -0.05) is 23.2 Å². The van der Waals surface area contributed by atoms with E-state index in [-0.39, 0.29) is 27.0 Å². The van der Waals surface area contributed by atoms with E-state index >= 15 is 0 Å². The molecule has 5 nitrogen and oxygen atoms in total. The molecule has 2 rings (SSSR count). The van der Waals surface area contributed by atoms with E-state index in [1.165, 1.54) is 18.2 Å². The van der Waals surface area contributed by atoms with Crippen LogP contribution in [0.1, 0.15) is 20.7 Å². The van der Waals surface area contributed by atoms with Gasteiger partial charge in [-0.25, -0.2) is 9.37 Å². The molecule has 2 aromatic rings. The van der Waals surface area contributed by atoms with E-state index in [4.69, 9.17) is 28.9 Å². The van der Waals surface area contributed by atoms with Gasteiger partial charge in [0.05, 0.1) is 22.3 Å². The Labute approximate surface area is 128 Å². The van der Waals surface area contributed by atoms with E-state index in [1.54, 1.807) is 0 Å². The molecule has 0 fully saturated rings. The molecule has 21 heavy (non-hydrogen) atoms. The quantitative estimate of drug-likeness (QED) is 0.850. The minimum Gasteiger partial charge on any atom is -0.366 e. The molecule has 0 radical (unpaired) electrons. The summed E-state index contributed by atoms with van der Waals surface area (Å²) in [6, 6.07) is 5.13. The molecular weight excluding hydrogens is 320 g/mol. The summed E-state index contributed by atoms with van der Waals surface area (Å²) >= 11 is 11.5. The van der Waals surface area contributed by atoms with Crippen LogP contribution in [0.25, 0.3) is 0 Å². The first kappa shape index (κ1) is 15.2. The van der Waals surface area contributed by atoms with Gasteiger partial charge in [0.2, 0.25) is 5.91 Å². The van der Waals surface area contributed by atoms with Crippen molar-refractivity contribution in [1.29, 1.82) is 0 Å². The van der Waals surface area contributed by atoms with Gasteiger partial charge in [0.25, 0.3) is 5.91 Å². The van der Waals surface area contributed by atoms with Gasteiger partial charge >= 0.3 is 0 Å². The van der Waals surface area contributed by atoms with Crippen LogP contribution in [0, 0.1) is 5.82 Å². The van der Waals surface area contributed by atoms with Gasteiger partial charge < -0.3 is 11.1 Å². The highest BCUT2D eigenvalue weighted by Crippen LogP contribution is 2.21. The highest BCUT2D eigenvalue weighted by molar-refractivity contribution is 6.34. The maximum atomic E-state index is 13.1. The third-order valence-electron chi connectivity index (χ3n) is 2.54. The second-order valence-corrected chi connectivity index (χ2v) is 4.77. The summed E-state index contributed by atoms with van der Waals surface area (Å²) < 4.78 is 13.1. The van der Waals surface area contributed by atoms with Crippen LogP contribution in [-0.4, -0.2) is 16.8 Å². The van der Waals surface area contributed by atoms with Crippen LogP contribution >= 0.6 is 23.2 Å². The van der Waals surface area contributed by atoms with Crippen LogP contribution in [0.3, 0.4) is 0 Å². The van der Waals surface area contributed by atoms with Gasteiger partial charge in [-0.3, -0.25) is 9.59 Å². The second-order valence-electron chi connectivity index (χ2n) is 4.00. The number of hydrogen-bond acceptors (Lipinski definition) is 3. The molecule has 0 saturated heterocycles. The fourth-order valence-electron chi connectivity index (χ4n) is 1.57. The minimum atomic E-state index is -0.735. The van der Waals surface area contributed by atoms with Gasteiger partial charge in [-0.2, -0.15) is 0 Å². The average Bonchev–Trinajstić information content (AvgIpc) is 2.43. The first-order valence-corrected chi connectivity index (χ1v) is 6.36. The van der Waals surface area contributed by atoms with Gasteiger partial charge in [-0.15, -0.1) is 0 Å². The molecule has 0 unspecified atom stereocenters. The lowest BCUT2D eigenvalue weighted by Gasteiger charge is -2.08. The number of halogens is 3. The normalized spacial score (nSPS) is 10.2. The number of anilines is 1. The van der Waals surface area contributed by atoms with E-state index in [1.807, 2.05) is 0 Å². The number of nitrogens with zero attached hydrogens (tertiary/aromatic N) is 1. The fourth-order valence-corrected chi connectivity index (χ4v) is 1.97.